The molecule has 3 heterocycles. The number of nitrogens with zero attached hydrogens (tertiary/aromatic N) is 2. The van der Waals surface area contributed by atoms with Crippen molar-refractivity contribution >= 4 is 27.6 Å². The lowest BCUT2D eigenvalue weighted by molar-refractivity contribution is 0.163. The number of anilines is 1. The summed E-state index contributed by atoms with van der Waals surface area (Å²) in [6, 6.07) is 12.8. The van der Waals surface area contributed by atoms with Crippen molar-refractivity contribution in [2.75, 3.05) is 11.9 Å². The predicted octanol–water partition coefficient (Wildman–Crippen LogP) is 5.44. The fourth-order valence-electron chi connectivity index (χ4n) is 4.72. The minimum atomic E-state index is -0.0507. The minimum absolute atomic E-state index is 0.0507. The third-order valence-corrected chi connectivity index (χ3v) is 6.32. The van der Waals surface area contributed by atoms with Crippen molar-refractivity contribution in [2.45, 2.75) is 25.9 Å². The van der Waals surface area contributed by atoms with Gasteiger partial charge in [0.05, 0.1) is 5.69 Å². The first-order valence-electron chi connectivity index (χ1n) is 8.82. The number of rotatable bonds is 1. The van der Waals surface area contributed by atoms with Gasteiger partial charge in [0.1, 0.15) is 11.7 Å². The van der Waals surface area contributed by atoms with E-state index in [0.29, 0.717) is 5.92 Å². The molecular weight excluding hydrogens is 308 g/mol. The molecule has 0 N–H and O–H groups in total. The maximum absolute atomic E-state index is 6.32. The Balaban J connectivity index is 1.88. The standard InChI is InChI=1S/C22H22N2O/c1-5-22(3)14(2)15-10-11-17-16-8-6-7-9-18(16)25-20(17)19(15)24-13-12-23(4)21(22)24/h5-14,21H,1H2,2-4H3/t14-,21?,22?/m0/s1. The molecule has 2 unspecified atom stereocenters. The molecule has 3 atom stereocenters. The van der Waals surface area contributed by atoms with E-state index in [2.05, 4.69) is 80.0 Å². The summed E-state index contributed by atoms with van der Waals surface area (Å²) in [6.07, 6.45) is 6.65. The molecule has 3 heteroatoms. The molecule has 0 aliphatic carbocycles. The Bertz CT molecular complexity index is 1050. The summed E-state index contributed by atoms with van der Waals surface area (Å²) in [5, 5.41) is 2.36. The van der Waals surface area contributed by atoms with E-state index in [1.165, 1.54) is 22.0 Å². The van der Waals surface area contributed by atoms with Crippen molar-refractivity contribution in [2.24, 2.45) is 5.41 Å². The molecule has 2 aliphatic heterocycles. The van der Waals surface area contributed by atoms with Crippen LogP contribution in [0.5, 0.6) is 0 Å². The van der Waals surface area contributed by atoms with E-state index in [0.717, 1.165) is 11.2 Å². The molecule has 3 nitrogen and oxygen atoms in total. The first kappa shape index (κ1) is 14.6. The molecule has 5 rings (SSSR count). The van der Waals surface area contributed by atoms with E-state index in [-0.39, 0.29) is 11.6 Å². The van der Waals surface area contributed by atoms with E-state index >= 15 is 0 Å². The van der Waals surface area contributed by atoms with E-state index in [1.807, 2.05) is 12.1 Å². The lowest BCUT2D eigenvalue weighted by Gasteiger charge is -2.50. The van der Waals surface area contributed by atoms with Crippen LogP contribution in [0.25, 0.3) is 21.9 Å². The lowest BCUT2D eigenvalue weighted by atomic mass is 9.68. The van der Waals surface area contributed by atoms with Crippen molar-refractivity contribution in [3.8, 4) is 0 Å². The van der Waals surface area contributed by atoms with Gasteiger partial charge < -0.3 is 14.2 Å². The maximum Gasteiger partial charge on any atom is 0.159 e. The highest BCUT2D eigenvalue weighted by Crippen LogP contribution is 2.55. The van der Waals surface area contributed by atoms with Gasteiger partial charge in [-0.2, -0.15) is 0 Å². The van der Waals surface area contributed by atoms with Crippen LogP contribution in [0.3, 0.4) is 0 Å². The lowest BCUT2D eigenvalue weighted by Crippen LogP contribution is -2.53. The normalized spacial score (nSPS) is 27.8. The monoisotopic (exact) mass is 330 g/mol. The highest BCUT2D eigenvalue weighted by Gasteiger charge is 2.50. The van der Waals surface area contributed by atoms with E-state index in [4.69, 9.17) is 4.42 Å². The van der Waals surface area contributed by atoms with Gasteiger partial charge >= 0.3 is 0 Å². The van der Waals surface area contributed by atoms with Crippen LogP contribution in [-0.4, -0.2) is 18.1 Å². The molecule has 3 aromatic rings. The SMILES string of the molecule is C=CC1(C)C2N(C)C=CN2c2c(ccc3c2oc2ccccc23)[C@@H]1C. The summed E-state index contributed by atoms with van der Waals surface area (Å²) < 4.78 is 6.32. The van der Waals surface area contributed by atoms with Gasteiger partial charge in [-0.1, -0.05) is 50.3 Å². The van der Waals surface area contributed by atoms with Crippen molar-refractivity contribution < 1.29 is 4.42 Å². The van der Waals surface area contributed by atoms with Crippen molar-refractivity contribution in [1.29, 1.82) is 0 Å². The third kappa shape index (κ3) is 1.66. The molecule has 0 saturated carbocycles. The zero-order chi connectivity index (χ0) is 17.3. The summed E-state index contributed by atoms with van der Waals surface area (Å²) in [5.41, 5.74) is 4.41. The molecule has 0 amide bonds. The molecule has 2 aliphatic rings. The van der Waals surface area contributed by atoms with Gasteiger partial charge in [0.2, 0.25) is 0 Å². The number of benzene rings is 2. The average Bonchev–Trinajstić information content (AvgIpc) is 3.20. The molecule has 1 aromatic heterocycles. The largest absolute Gasteiger partial charge is 0.454 e. The Morgan fingerprint density at radius 2 is 1.92 bits per heavy atom. The molecule has 0 radical (unpaired) electrons. The topological polar surface area (TPSA) is 19.6 Å². The molecule has 0 bridgehead atoms. The minimum Gasteiger partial charge on any atom is -0.454 e. The molecule has 25 heavy (non-hydrogen) atoms. The van der Waals surface area contributed by atoms with Crippen LogP contribution in [0.4, 0.5) is 5.69 Å². The zero-order valence-corrected chi connectivity index (χ0v) is 14.9. The Hall–Kier alpha value is -2.68. The Kier molecular flexibility index (Phi) is 2.75. The summed E-state index contributed by atoms with van der Waals surface area (Å²) in [5.74, 6) is 0.348. The second kappa shape index (κ2) is 4.69. The average molecular weight is 330 g/mol. The smallest absolute Gasteiger partial charge is 0.159 e. The van der Waals surface area contributed by atoms with Gasteiger partial charge in [0.15, 0.2) is 5.58 Å². The van der Waals surface area contributed by atoms with Gasteiger partial charge in [-0.25, -0.2) is 0 Å². The van der Waals surface area contributed by atoms with E-state index < -0.39 is 0 Å². The Morgan fingerprint density at radius 1 is 1.12 bits per heavy atom. The van der Waals surface area contributed by atoms with Crippen LogP contribution in [0.2, 0.25) is 0 Å². The number of fused-ring (bicyclic) bond motifs is 7. The van der Waals surface area contributed by atoms with Crippen molar-refractivity contribution in [3.63, 3.8) is 0 Å². The van der Waals surface area contributed by atoms with Crippen molar-refractivity contribution in [3.05, 3.63) is 67.0 Å². The molecule has 126 valence electrons. The molecule has 0 fully saturated rings. The maximum atomic E-state index is 6.32. The molecule has 0 saturated heterocycles. The number of para-hydroxylation sites is 1. The van der Waals surface area contributed by atoms with Crippen LogP contribution in [-0.2, 0) is 0 Å². The number of hydrogen-bond donors (Lipinski definition) is 0. The first-order chi connectivity index (χ1) is 12.1. The van der Waals surface area contributed by atoms with Gasteiger partial charge in [-0.3, -0.25) is 0 Å². The highest BCUT2D eigenvalue weighted by molar-refractivity contribution is 6.10. The fraction of sp³-hybridized carbons (Fsp3) is 0.273. The summed E-state index contributed by atoms with van der Waals surface area (Å²) in [7, 11) is 2.14. The van der Waals surface area contributed by atoms with E-state index in [1.54, 1.807) is 0 Å². The molecule has 0 spiro atoms. The Labute approximate surface area is 147 Å². The zero-order valence-electron chi connectivity index (χ0n) is 14.9. The summed E-state index contributed by atoms with van der Waals surface area (Å²) >= 11 is 0. The fourth-order valence-corrected chi connectivity index (χ4v) is 4.72. The number of hydrogen-bond acceptors (Lipinski definition) is 3. The van der Waals surface area contributed by atoms with Crippen LogP contribution in [0, 0.1) is 5.41 Å². The van der Waals surface area contributed by atoms with Crippen LogP contribution >= 0.6 is 0 Å². The first-order valence-corrected chi connectivity index (χ1v) is 8.82. The second-order valence-corrected chi connectivity index (χ2v) is 7.51. The third-order valence-electron chi connectivity index (χ3n) is 6.32. The summed E-state index contributed by atoms with van der Waals surface area (Å²) in [4.78, 5) is 4.64. The highest BCUT2D eigenvalue weighted by atomic mass is 16.3. The van der Waals surface area contributed by atoms with Gasteiger partial charge in [-0.05, 0) is 17.5 Å². The summed E-state index contributed by atoms with van der Waals surface area (Å²) in [6.45, 7) is 8.77. The Morgan fingerprint density at radius 3 is 2.72 bits per heavy atom. The second-order valence-electron chi connectivity index (χ2n) is 7.51. The van der Waals surface area contributed by atoms with Crippen molar-refractivity contribution in [1.82, 2.24) is 4.90 Å². The van der Waals surface area contributed by atoms with Crippen LogP contribution < -0.4 is 4.90 Å². The quantitative estimate of drug-likeness (QED) is 0.554. The molecule has 2 aromatic carbocycles. The van der Waals surface area contributed by atoms with Gasteiger partial charge in [0, 0.05) is 35.6 Å². The van der Waals surface area contributed by atoms with Gasteiger partial charge in [-0.15, -0.1) is 6.58 Å². The number of furan rings is 1. The van der Waals surface area contributed by atoms with E-state index in [9.17, 15) is 0 Å². The predicted molar refractivity (Wildman–Crippen MR) is 104 cm³/mol. The van der Waals surface area contributed by atoms with Gasteiger partial charge in [0.25, 0.3) is 0 Å². The molecular formula is C22H22N2O. The van der Waals surface area contributed by atoms with Crippen LogP contribution in [0.1, 0.15) is 25.3 Å². The van der Waals surface area contributed by atoms with Crippen LogP contribution in [0.15, 0.2) is 65.9 Å².